The predicted octanol–water partition coefficient (Wildman–Crippen LogP) is 1.92. The molecule has 0 fully saturated rings. The number of aliphatic hydroxyl groups excluding tert-OH is 2. The third kappa shape index (κ3) is 2.80. The maximum atomic E-state index is 9.37. The van der Waals surface area contributed by atoms with E-state index in [2.05, 4.69) is 19.1 Å². The van der Waals surface area contributed by atoms with E-state index in [0.29, 0.717) is 0 Å². The van der Waals surface area contributed by atoms with Crippen molar-refractivity contribution in [3.63, 3.8) is 0 Å². The Morgan fingerprint density at radius 3 is 2.20 bits per heavy atom. The lowest BCUT2D eigenvalue weighted by Gasteiger charge is -2.29. The zero-order valence-corrected chi connectivity index (χ0v) is 9.53. The van der Waals surface area contributed by atoms with Crippen LogP contribution in [0, 0.1) is 12.3 Å². The first kappa shape index (κ1) is 12.2. The first-order valence-electron chi connectivity index (χ1n) is 5.43. The Morgan fingerprint density at radius 1 is 1.13 bits per heavy atom. The molecule has 2 heteroatoms. The van der Waals surface area contributed by atoms with Gasteiger partial charge in [-0.05, 0) is 30.9 Å². The van der Waals surface area contributed by atoms with E-state index in [1.807, 2.05) is 19.1 Å². The fourth-order valence-corrected chi connectivity index (χ4v) is 1.72. The second-order valence-electron chi connectivity index (χ2n) is 4.27. The minimum Gasteiger partial charge on any atom is -0.396 e. The second kappa shape index (κ2) is 5.29. The average molecular weight is 208 g/mol. The first-order chi connectivity index (χ1) is 7.17. The number of aliphatic hydroxyl groups is 2. The van der Waals surface area contributed by atoms with Crippen molar-refractivity contribution < 1.29 is 10.2 Å². The van der Waals surface area contributed by atoms with Crippen LogP contribution >= 0.6 is 0 Å². The normalized spacial score (nSPS) is 11.7. The molecule has 0 heterocycles. The summed E-state index contributed by atoms with van der Waals surface area (Å²) in [4.78, 5) is 0. The topological polar surface area (TPSA) is 40.5 Å². The van der Waals surface area contributed by atoms with Crippen LogP contribution in [0.4, 0.5) is 0 Å². The third-order valence-corrected chi connectivity index (χ3v) is 3.25. The van der Waals surface area contributed by atoms with Gasteiger partial charge in [0.15, 0.2) is 0 Å². The molecule has 0 aliphatic heterocycles. The Bertz CT molecular complexity index is 295. The van der Waals surface area contributed by atoms with Gasteiger partial charge in [-0.1, -0.05) is 31.2 Å². The molecule has 0 atom stereocenters. The molecule has 0 bridgehead atoms. The van der Waals surface area contributed by atoms with Gasteiger partial charge in [-0.25, -0.2) is 0 Å². The second-order valence-corrected chi connectivity index (χ2v) is 4.27. The molecule has 0 saturated heterocycles. The summed E-state index contributed by atoms with van der Waals surface area (Å²) in [7, 11) is 0. The summed E-state index contributed by atoms with van der Waals surface area (Å²) in [6.07, 6.45) is 1.53. The molecule has 0 aromatic heterocycles. The van der Waals surface area contributed by atoms with Crippen LogP contribution in [0.1, 0.15) is 24.5 Å². The highest BCUT2D eigenvalue weighted by Gasteiger charge is 2.27. The standard InChI is InChI=1S/C13H20O2/c1-3-13(9-14,10-15)8-12-7-5-4-6-11(12)2/h4-7,14-15H,3,8-10H2,1-2H3. The fourth-order valence-electron chi connectivity index (χ4n) is 1.72. The van der Waals surface area contributed by atoms with E-state index in [0.717, 1.165) is 12.8 Å². The van der Waals surface area contributed by atoms with Crippen LogP contribution in [-0.2, 0) is 6.42 Å². The van der Waals surface area contributed by atoms with Crippen LogP contribution in [0.2, 0.25) is 0 Å². The largest absolute Gasteiger partial charge is 0.396 e. The van der Waals surface area contributed by atoms with E-state index >= 15 is 0 Å². The van der Waals surface area contributed by atoms with Crippen LogP contribution in [0.25, 0.3) is 0 Å². The average Bonchev–Trinajstić information content (AvgIpc) is 2.29. The lowest BCUT2D eigenvalue weighted by molar-refractivity contribution is 0.0513. The molecule has 2 nitrogen and oxygen atoms in total. The summed E-state index contributed by atoms with van der Waals surface area (Å²) in [5.74, 6) is 0. The molecular formula is C13H20O2. The number of hydrogen-bond acceptors (Lipinski definition) is 2. The summed E-state index contributed by atoms with van der Waals surface area (Å²) in [5, 5.41) is 18.7. The van der Waals surface area contributed by atoms with Crippen molar-refractivity contribution in [2.24, 2.45) is 5.41 Å². The summed E-state index contributed by atoms with van der Waals surface area (Å²) < 4.78 is 0. The van der Waals surface area contributed by atoms with Crippen molar-refractivity contribution in [2.75, 3.05) is 13.2 Å². The Kier molecular flexibility index (Phi) is 4.30. The zero-order chi connectivity index (χ0) is 11.3. The van der Waals surface area contributed by atoms with Gasteiger partial charge in [-0.15, -0.1) is 0 Å². The van der Waals surface area contributed by atoms with E-state index in [-0.39, 0.29) is 18.6 Å². The highest BCUT2D eigenvalue weighted by atomic mass is 16.3. The van der Waals surface area contributed by atoms with Crippen LogP contribution in [0.5, 0.6) is 0 Å². The number of benzene rings is 1. The highest BCUT2D eigenvalue weighted by molar-refractivity contribution is 5.26. The Balaban J connectivity index is 2.88. The summed E-state index contributed by atoms with van der Waals surface area (Å²) in [6, 6.07) is 8.12. The molecule has 0 spiro atoms. The molecule has 84 valence electrons. The molecular weight excluding hydrogens is 188 g/mol. The maximum absolute atomic E-state index is 9.37. The van der Waals surface area contributed by atoms with Gasteiger partial charge in [0.2, 0.25) is 0 Å². The van der Waals surface area contributed by atoms with Crippen LogP contribution < -0.4 is 0 Å². The molecule has 1 aromatic rings. The van der Waals surface area contributed by atoms with Crippen molar-refractivity contribution in [1.82, 2.24) is 0 Å². The summed E-state index contributed by atoms with van der Waals surface area (Å²) in [6.45, 7) is 4.14. The van der Waals surface area contributed by atoms with Crippen molar-refractivity contribution in [3.05, 3.63) is 35.4 Å². The fraction of sp³-hybridized carbons (Fsp3) is 0.538. The Morgan fingerprint density at radius 2 is 1.73 bits per heavy atom. The molecule has 1 aromatic carbocycles. The lowest BCUT2D eigenvalue weighted by Crippen LogP contribution is -2.31. The highest BCUT2D eigenvalue weighted by Crippen LogP contribution is 2.27. The molecule has 1 rings (SSSR count). The quantitative estimate of drug-likeness (QED) is 0.776. The van der Waals surface area contributed by atoms with Gasteiger partial charge in [-0.2, -0.15) is 0 Å². The number of rotatable bonds is 5. The van der Waals surface area contributed by atoms with Gasteiger partial charge in [0.05, 0.1) is 13.2 Å². The van der Waals surface area contributed by atoms with E-state index < -0.39 is 0 Å². The van der Waals surface area contributed by atoms with E-state index in [4.69, 9.17) is 0 Å². The minimum absolute atomic E-state index is 0.0360. The third-order valence-electron chi connectivity index (χ3n) is 3.25. The smallest absolute Gasteiger partial charge is 0.0512 e. The predicted molar refractivity (Wildman–Crippen MR) is 61.8 cm³/mol. The van der Waals surface area contributed by atoms with Crippen molar-refractivity contribution in [2.45, 2.75) is 26.7 Å². The van der Waals surface area contributed by atoms with Gasteiger partial charge in [0, 0.05) is 5.41 Å². The van der Waals surface area contributed by atoms with E-state index in [1.54, 1.807) is 0 Å². The number of hydrogen-bond donors (Lipinski definition) is 2. The van der Waals surface area contributed by atoms with Crippen LogP contribution in [0.3, 0.4) is 0 Å². The number of aryl methyl sites for hydroxylation is 1. The van der Waals surface area contributed by atoms with Crippen molar-refractivity contribution in [1.29, 1.82) is 0 Å². The van der Waals surface area contributed by atoms with Gasteiger partial charge < -0.3 is 10.2 Å². The van der Waals surface area contributed by atoms with Gasteiger partial charge in [0.1, 0.15) is 0 Å². The molecule has 0 saturated carbocycles. The molecule has 15 heavy (non-hydrogen) atoms. The molecule has 0 aliphatic carbocycles. The Hall–Kier alpha value is -0.860. The minimum atomic E-state index is -0.369. The molecule has 2 N–H and O–H groups in total. The van der Waals surface area contributed by atoms with Crippen LogP contribution in [-0.4, -0.2) is 23.4 Å². The monoisotopic (exact) mass is 208 g/mol. The molecule has 0 amide bonds. The summed E-state index contributed by atoms with van der Waals surface area (Å²) >= 11 is 0. The lowest BCUT2D eigenvalue weighted by atomic mass is 9.80. The van der Waals surface area contributed by atoms with Gasteiger partial charge in [-0.3, -0.25) is 0 Å². The van der Waals surface area contributed by atoms with E-state index in [9.17, 15) is 10.2 Å². The maximum Gasteiger partial charge on any atom is 0.0512 e. The van der Waals surface area contributed by atoms with Gasteiger partial charge in [0.25, 0.3) is 0 Å². The van der Waals surface area contributed by atoms with Gasteiger partial charge >= 0.3 is 0 Å². The van der Waals surface area contributed by atoms with Crippen molar-refractivity contribution in [3.8, 4) is 0 Å². The summed E-state index contributed by atoms with van der Waals surface area (Å²) in [5.41, 5.74) is 2.06. The molecule has 0 aliphatic rings. The zero-order valence-electron chi connectivity index (χ0n) is 9.53. The Labute approximate surface area is 91.6 Å². The first-order valence-corrected chi connectivity index (χ1v) is 5.43. The van der Waals surface area contributed by atoms with Crippen LogP contribution in [0.15, 0.2) is 24.3 Å². The molecule has 0 unspecified atom stereocenters. The van der Waals surface area contributed by atoms with E-state index in [1.165, 1.54) is 11.1 Å². The van der Waals surface area contributed by atoms with Crippen molar-refractivity contribution >= 4 is 0 Å². The SMILES string of the molecule is CCC(CO)(CO)Cc1ccccc1C. The molecule has 0 radical (unpaired) electrons.